The van der Waals surface area contributed by atoms with Crippen LogP contribution in [0.25, 0.3) is 0 Å². The SMILES string of the molecule is C=CCC/C(=C/C=C1\CCCC2(C)C(CCCN3CC(OCC(F)F)C3)CCC12)CC(C)O. The summed E-state index contributed by atoms with van der Waals surface area (Å²) in [5, 5.41) is 9.86. The zero-order valence-corrected chi connectivity index (χ0v) is 20.8. The second-order valence-electron chi connectivity index (χ2n) is 10.9. The van der Waals surface area contributed by atoms with Crippen LogP contribution in [-0.4, -0.2) is 54.9 Å². The Bertz CT molecular complexity index is 683. The van der Waals surface area contributed by atoms with E-state index in [1.165, 1.54) is 50.5 Å². The van der Waals surface area contributed by atoms with Gasteiger partial charge < -0.3 is 9.84 Å². The maximum atomic E-state index is 12.3. The van der Waals surface area contributed by atoms with E-state index >= 15 is 0 Å². The van der Waals surface area contributed by atoms with Crippen LogP contribution in [0, 0.1) is 17.3 Å². The van der Waals surface area contributed by atoms with Crippen molar-refractivity contribution in [2.45, 2.75) is 96.7 Å². The third-order valence-corrected chi connectivity index (χ3v) is 8.33. The van der Waals surface area contributed by atoms with Crippen LogP contribution in [0.2, 0.25) is 0 Å². The van der Waals surface area contributed by atoms with Gasteiger partial charge in [0.2, 0.25) is 0 Å². The number of likely N-dealkylation sites (tertiary alicyclic amines) is 1. The minimum Gasteiger partial charge on any atom is -0.393 e. The van der Waals surface area contributed by atoms with Gasteiger partial charge in [0.15, 0.2) is 0 Å². The van der Waals surface area contributed by atoms with Gasteiger partial charge in [0, 0.05) is 13.1 Å². The first-order chi connectivity index (χ1) is 15.8. The first kappa shape index (κ1) is 26.6. The number of aliphatic hydroxyl groups is 1. The summed E-state index contributed by atoms with van der Waals surface area (Å²) < 4.78 is 29.7. The molecule has 1 saturated heterocycles. The molecule has 0 amide bonds. The Kier molecular flexibility index (Phi) is 10.1. The highest BCUT2D eigenvalue weighted by Gasteiger charge is 2.48. The first-order valence-corrected chi connectivity index (χ1v) is 13.1. The summed E-state index contributed by atoms with van der Waals surface area (Å²) in [5.74, 6) is 1.47. The zero-order valence-electron chi connectivity index (χ0n) is 20.8. The number of hydrogen-bond acceptors (Lipinski definition) is 3. The molecule has 1 heterocycles. The smallest absolute Gasteiger partial charge is 0.261 e. The average molecular weight is 466 g/mol. The topological polar surface area (TPSA) is 32.7 Å². The van der Waals surface area contributed by atoms with Gasteiger partial charge in [-0.25, -0.2) is 8.78 Å². The van der Waals surface area contributed by atoms with Crippen molar-refractivity contribution in [2.75, 3.05) is 26.2 Å². The molecule has 1 N–H and O–H groups in total. The van der Waals surface area contributed by atoms with Gasteiger partial charge in [0.1, 0.15) is 6.61 Å². The molecule has 0 bridgehead atoms. The second-order valence-corrected chi connectivity index (χ2v) is 10.9. The van der Waals surface area contributed by atoms with E-state index < -0.39 is 13.0 Å². The van der Waals surface area contributed by atoms with Gasteiger partial charge in [0.25, 0.3) is 6.43 Å². The number of rotatable bonds is 13. The molecule has 1 aliphatic heterocycles. The molecule has 0 radical (unpaired) electrons. The molecule has 0 aromatic heterocycles. The number of fused-ring (bicyclic) bond motifs is 1. The predicted molar refractivity (Wildman–Crippen MR) is 131 cm³/mol. The van der Waals surface area contributed by atoms with Gasteiger partial charge >= 0.3 is 0 Å². The molecule has 3 fully saturated rings. The van der Waals surface area contributed by atoms with Crippen LogP contribution >= 0.6 is 0 Å². The number of aliphatic hydroxyl groups excluding tert-OH is 1. The standard InChI is InChI=1S/C28H45F2NO2/c1-4-5-8-22(17-21(2)32)11-12-23-9-6-15-28(3)24(13-14-26(23)28)10-7-16-31-18-25(19-31)33-20-27(29)30/h4,11-12,21,24-27,32H,1,5-10,13-20H2,2-3H3/b22-11-,23-12+. The van der Waals surface area contributed by atoms with E-state index in [1.807, 2.05) is 13.0 Å². The van der Waals surface area contributed by atoms with Gasteiger partial charge in [-0.05, 0) is 94.9 Å². The highest BCUT2D eigenvalue weighted by Crippen LogP contribution is 2.58. The van der Waals surface area contributed by atoms with Crippen LogP contribution in [0.1, 0.15) is 78.1 Å². The Balaban J connectivity index is 1.50. The maximum absolute atomic E-state index is 12.3. The molecule has 0 aromatic carbocycles. The summed E-state index contributed by atoms with van der Waals surface area (Å²) in [4.78, 5) is 2.34. The van der Waals surface area contributed by atoms with E-state index in [-0.39, 0.29) is 12.2 Å². The summed E-state index contributed by atoms with van der Waals surface area (Å²) in [6, 6.07) is 0. The van der Waals surface area contributed by atoms with Crippen LogP contribution < -0.4 is 0 Å². The Morgan fingerprint density at radius 2 is 2.12 bits per heavy atom. The fraction of sp³-hybridized carbons (Fsp3) is 0.786. The lowest BCUT2D eigenvalue weighted by Crippen LogP contribution is -2.52. The van der Waals surface area contributed by atoms with E-state index in [1.54, 1.807) is 5.57 Å². The average Bonchev–Trinajstić information content (AvgIpc) is 3.07. The predicted octanol–water partition coefficient (Wildman–Crippen LogP) is 6.54. The molecule has 3 aliphatic rings. The van der Waals surface area contributed by atoms with Gasteiger partial charge in [0.05, 0.1) is 12.2 Å². The highest BCUT2D eigenvalue weighted by atomic mass is 19.3. The van der Waals surface area contributed by atoms with Crippen molar-refractivity contribution in [2.24, 2.45) is 17.3 Å². The van der Waals surface area contributed by atoms with Gasteiger partial charge in [-0.3, -0.25) is 4.90 Å². The molecule has 0 aromatic rings. The molecular weight excluding hydrogens is 420 g/mol. The normalized spacial score (nSPS) is 31.1. The number of hydrogen-bond donors (Lipinski definition) is 1. The maximum Gasteiger partial charge on any atom is 0.261 e. The monoisotopic (exact) mass is 465 g/mol. The van der Waals surface area contributed by atoms with E-state index in [2.05, 4.69) is 30.6 Å². The lowest BCUT2D eigenvalue weighted by molar-refractivity contribution is -0.0884. The molecule has 188 valence electrons. The molecule has 0 spiro atoms. The Morgan fingerprint density at radius 3 is 2.82 bits per heavy atom. The number of ether oxygens (including phenoxy) is 1. The third-order valence-electron chi connectivity index (χ3n) is 8.33. The van der Waals surface area contributed by atoms with Crippen LogP contribution in [-0.2, 0) is 4.74 Å². The van der Waals surface area contributed by atoms with Gasteiger partial charge in [-0.1, -0.05) is 36.3 Å². The van der Waals surface area contributed by atoms with E-state index in [4.69, 9.17) is 4.74 Å². The summed E-state index contributed by atoms with van der Waals surface area (Å²) in [5.41, 5.74) is 3.35. The van der Waals surface area contributed by atoms with Gasteiger partial charge in [-0.15, -0.1) is 6.58 Å². The van der Waals surface area contributed by atoms with Crippen molar-refractivity contribution in [3.63, 3.8) is 0 Å². The summed E-state index contributed by atoms with van der Waals surface area (Å²) >= 11 is 0. The Morgan fingerprint density at radius 1 is 1.33 bits per heavy atom. The second kappa shape index (κ2) is 12.6. The zero-order chi connectivity index (χ0) is 23.8. The number of nitrogens with zero attached hydrogens (tertiary/aromatic N) is 1. The van der Waals surface area contributed by atoms with E-state index in [0.717, 1.165) is 44.8 Å². The number of alkyl halides is 2. The largest absolute Gasteiger partial charge is 0.393 e. The molecule has 2 aliphatic carbocycles. The van der Waals surface area contributed by atoms with Crippen LogP contribution in [0.3, 0.4) is 0 Å². The molecular formula is C28H45F2NO2. The van der Waals surface area contributed by atoms with Crippen molar-refractivity contribution in [3.8, 4) is 0 Å². The fourth-order valence-electron chi connectivity index (χ4n) is 6.55. The van der Waals surface area contributed by atoms with Crippen LogP contribution in [0.15, 0.2) is 36.0 Å². The minimum atomic E-state index is -2.36. The quantitative estimate of drug-likeness (QED) is 0.314. The lowest BCUT2D eigenvalue weighted by atomic mass is 9.62. The Labute approximate surface area is 200 Å². The highest BCUT2D eigenvalue weighted by molar-refractivity contribution is 5.25. The summed E-state index contributed by atoms with van der Waals surface area (Å²) in [6.07, 6.45) is 15.5. The van der Waals surface area contributed by atoms with Crippen LogP contribution in [0.4, 0.5) is 8.78 Å². The number of allylic oxidation sites excluding steroid dienone is 4. The summed E-state index contributed by atoms with van der Waals surface area (Å²) in [6.45, 7) is 10.5. The molecule has 3 nitrogen and oxygen atoms in total. The summed E-state index contributed by atoms with van der Waals surface area (Å²) in [7, 11) is 0. The molecule has 2 saturated carbocycles. The van der Waals surface area contributed by atoms with Crippen molar-refractivity contribution in [1.29, 1.82) is 0 Å². The van der Waals surface area contributed by atoms with Crippen molar-refractivity contribution in [3.05, 3.63) is 36.0 Å². The van der Waals surface area contributed by atoms with Crippen molar-refractivity contribution in [1.82, 2.24) is 4.90 Å². The van der Waals surface area contributed by atoms with Crippen molar-refractivity contribution < 1.29 is 18.6 Å². The lowest BCUT2D eigenvalue weighted by Gasteiger charge is -2.43. The molecule has 4 unspecified atom stereocenters. The molecule has 5 heteroatoms. The minimum absolute atomic E-state index is 0.00309. The fourth-order valence-corrected chi connectivity index (χ4v) is 6.55. The molecule has 4 atom stereocenters. The van der Waals surface area contributed by atoms with Gasteiger partial charge in [-0.2, -0.15) is 0 Å². The van der Waals surface area contributed by atoms with E-state index in [0.29, 0.717) is 11.3 Å². The van der Waals surface area contributed by atoms with Crippen LogP contribution in [0.5, 0.6) is 0 Å². The molecule has 3 rings (SSSR count). The molecule has 33 heavy (non-hydrogen) atoms. The first-order valence-electron chi connectivity index (χ1n) is 13.1. The van der Waals surface area contributed by atoms with E-state index in [9.17, 15) is 13.9 Å². The van der Waals surface area contributed by atoms with Crippen molar-refractivity contribution >= 4 is 0 Å². The third kappa shape index (κ3) is 7.47. The number of halogens is 2. The Hall–Kier alpha value is -1.04.